The largest absolute Gasteiger partial charge is 0.456 e. The molecule has 0 unspecified atom stereocenters. The van der Waals surface area contributed by atoms with Crippen LogP contribution in [0.25, 0.3) is 11.1 Å². The van der Waals surface area contributed by atoms with Gasteiger partial charge < -0.3 is 15.5 Å². The van der Waals surface area contributed by atoms with Gasteiger partial charge in [0.15, 0.2) is 5.58 Å². The van der Waals surface area contributed by atoms with Crippen molar-refractivity contribution in [3.05, 3.63) is 44.9 Å². The number of anilines is 1. The lowest BCUT2D eigenvalue weighted by molar-refractivity contribution is 0.406. The molecule has 124 valence electrons. The van der Waals surface area contributed by atoms with Gasteiger partial charge in [0.05, 0.1) is 14.0 Å². The molecule has 0 radical (unpaired) electrons. The second-order valence-corrected chi connectivity index (χ2v) is 6.49. The number of terminal acetylenes is 1. The summed E-state index contributed by atoms with van der Waals surface area (Å²) in [4.78, 5) is 5.32. The zero-order valence-corrected chi connectivity index (χ0v) is 14.0. The first-order chi connectivity index (χ1) is 12.3. The fourth-order valence-corrected chi connectivity index (χ4v) is 3.18. The minimum atomic E-state index is -3.06. The van der Waals surface area contributed by atoms with Crippen molar-refractivity contribution >= 4 is 39.7 Å². The van der Waals surface area contributed by atoms with Crippen LogP contribution < -0.4 is 11.1 Å². The Hall–Kier alpha value is -2.07. The number of nitrogens with zero attached hydrogens (tertiary/aromatic N) is 1. The Morgan fingerprint density at radius 3 is 3.12 bits per heavy atom. The number of alkyl halides is 1. The van der Waals surface area contributed by atoms with Gasteiger partial charge >= 0.3 is 0 Å². The van der Waals surface area contributed by atoms with Gasteiger partial charge in [-0.05, 0) is 11.4 Å². The molecule has 3 N–H and O–H groups in total. The van der Waals surface area contributed by atoms with Crippen LogP contribution in [0.5, 0.6) is 0 Å². The van der Waals surface area contributed by atoms with Crippen LogP contribution in [0, 0.1) is 12.3 Å². The topological polar surface area (TPSA) is 64.1 Å². The van der Waals surface area contributed by atoms with Crippen LogP contribution in [0.4, 0.5) is 10.1 Å². The Morgan fingerprint density at radius 1 is 1.62 bits per heavy atom. The van der Waals surface area contributed by atoms with Gasteiger partial charge in [-0.15, -0.1) is 17.8 Å². The molecule has 0 aromatic carbocycles. The molecule has 0 saturated carbocycles. The molecule has 4 nitrogen and oxygen atoms in total. The monoisotopic (exact) mass is 365 g/mol. The molecule has 0 bridgehead atoms. The highest BCUT2D eigenvalue weighted by molar-refractivity contribution is 7.09. The van der Waals surface area contributed by atoms with Crippen molar-refractivity contribution in [3.8, 4) is 12.3 Å². The molecule has 1 atom stereocenters. The number of nitrogens with one attached hydrogen (secondary N) is 1. The van der Waals surface area contributed by atoms with Gasteiger partial charge in [0.1, 0.15) is 23.1 Å². The SMILES string of the molecule is [2H]C([2H])(F)[C@H](N)Cc1oc2c(NCc3cccs3)cc(Cl)nc2c1C#C. The van der Waals surface area contributed by atoms with E-state index < -0.39 is 12.7 Å². The van der Waals surface area contributed by atoms with Crippen molar-refractivity contribution in [1.82, 2.24) is 4.98 Å². The van der Waals surface area contributed by atoms with E-state index in [1.54, 1.807) is 17.4 Å². The lowest BCUT2D eigenvalue weighted by Gasteiger charge is -2.06. The molecule has 0 amide bonds. The van der Waals surface area contributed by atoms with E-state index in [9.17, 15) is 4.39 Å². The van der Waals surface area contributed by atoms with Crippen molar-refractivity contribution < 1.29 is 11.5 Å². The van der Waals surface area contributed by atoms with Crippen molar-refractivity contribution in [2.75, 3.05) is 11.9 Å². The second kappa shape index (κ2) is 7.22. The van der Waals surface area contributed by atoms with Gasteiger partial charge in [0, 0.05) is 30.0 Å². The van der Waals surface area contributed by atoms with Crippen molar-refractivity contribution in [1.29, 1.82) is 0 Å². The molecule has 3 aromatic rings. The van der Waals surface area contributed by atoms with Crippen LogP contribution >= 0.6 is 22.9 Å². The van der Waals surface area contributed by atoms with Gasteiger partial charge in [-0.3, -0.25) is 0 Å². The summed E-state index contributed by atoms with van der Waals surface area (Å²) >= 11 is 7.70. The molecular formula is C17H15ClFN3OS. The van der Waals surface area contributed by atoms with Crippen LogP contribution in [0.1, 0.15) is 18.9 Å². The zero-order valence-electron chi connectivity index (χ0n) is 14.5. The maximum Gasteiger partial charge on any atom is 0.177 e. The number of furan rings is 1. The molecule has 7 heteroatoms. The summed E-state index contributed by atoms with van der Waals surface area (Å²) in [6.45, 7) is -2.50. The first-order valence-electron chi connectivity index (χ1n) is 8.09. The highest BCUT2D eigenvalue weighted by Crippen LogP contribution is 2.33. The number of rotatable bonds is 6. The van der Waals surface area contributed by atoms with E-state index in [0.29, 0.717) is 28.9 Å². The van der Waals surface area contributed by atoms with E-state index in [1.807, 2.05) is 17.5 Å². The van der Waals surface area contributed by atoms with Crippen LogP contribution in [-0.4, -0.2) is 17.7 Å². The van der Waals surface area contributed by atoms with Gasteiger partial charge in [-0.2, -0.15) is 0 Å². The van der Waals surface area contributed by atoms with Crippen molar-refractivity contribution in [2.24, 2.45) is 5.73 Å². The highest BCUT2D eigenvalue weighted by Gasteiger charge is 2.20. The molecule has 3 heterocycles. The molecule has 0 spiro atoms. The average molecular weight is 366 g/mol. The fraction of sp³-hybridized carbons (Fsp3) is 0.235. The summed E-state index contributed by atoms with van der Waals surface area (Å²) < 4.78 is 33.4. The van der Waals surface area contributed by atoms with Crippen LogP contribution in [0.3, 0.4) is 0 Å². The molecule has 0 aliphatic heterocycles. The quantitative estimate of drug-likeness (QED) is 0.512. The number of hydrogen-bond acceptors (Lipinski definition) is 5. The van der Waals surface area contributed by atoms with Crippen LogP contribution in [0.15, 0.2) is 28.0 Å². The molecule has 0 fully saturated rings. The Kier molecular flexibility index (Phi) is 4.30. The van der Waals surface area contributed by atoms with Gasteiger partial charge in [-0.1, -0.05) is 23.6 Å². The van der Waals surface area contributed by atoms with E-state index in [4.69, 9.17) is 30.9 Å². The number of nitrogens with two attached hydrogens (primary N) is 1. The lowest BCUT2D eigenvalue weighted by Crippen LogP contribution is -2.24. The minimum Gasteiger partial charge on any atom is -0.456 e. The first-order valence-corrected chi connectivity index (χ1v) is 8.34. The Balaban J connectivity index is 2.00. The third-order valence-electron chi connectivity index (χ3n) is 3.41. The zero-order chi connectivity index (χ0) is 18.9. The smallest absolute Gasteiger partial charge is 0.177 e. The Bertz CT molecular complexity index is 963. The number of aromatic nitrogens is 1. The Labute approximate surface area is 150 Å². The molecule has 3 rings (SSSR count). The summed E-state index contributed by atoms with van der Waals surface area (Å²) in [5.41, 5.74) is 7.20. The second-order valence-electron chi connectivity index (χ2n) is 5.07. The van der Waals surface area contributed by atoms with Gasteiger partial charge in [0.2, 0.25) is 0 Å². The summed E-state index contributed by atoms with van der Waals surface area (Å²) in [7, 11) is 0. The van der Waals surface area contributed by atoms with E-state index >= 15 is 0 Å². The summed E-state index contributed by atoms with van der Waals surface area (Å²) in [6, 6.07) is 4.12. The number of fused-ring (bicyclic) bond motifs is 1. The predicted molar refractivity (Wildman–Crippen MR) is 96.3 cm³/mol. The summed E-state index contributed by atoms with van der Waals surface area (Å²) in [5.74, 6) is 2.66. The average Bonchev–Trinajstić information content (AvgIpc) is 3.19. The number of halogens is 2. The normalized spacial score (nSPS) is 14.1. The molecule has 0 saturated heterocycles. The highest BCUT2D eigenvalue weighted by atomic mass is 35.5. The number of thiophene rings is 1. The van der Waals surface area contributed by atoms with E-state index in [-0.39, 0.29) is 17.3 Å². The van der Waals surface area contributed by atoms with Crippen LogP contribution in [-0.2, 0) is 13.0 Å². The third kappa shape index (κ3) is 3.39. The Morgan fingerprint density at radius 2 is 2.46 bits per heavy atom. The molecule has 0 aliphatic carbocycles. The standard InChI is InChI=1S/C17H15ClFN3OS/c1-2-12-14(6-10(20)8-19)23-17-13(7-15(18)22-16(12)17)21-9-11-4-3-5-24-11/h1,3-5,7,10H,6,8-9,20H2,(H,21,22)/t10-/m1/s1/i8D2. The maximum absolute atomic E-state index is 13.4. The predicted octanol–water partition coefficient (Wildman–Crippen LogP) is 3.98. The van der Waals surface area contributed by atoms with E-state index in [0.717, 1.165) is 4.88 Å². The molecule has 0 aliphatic rings. The van der Waals surface area contributed by atoms with Gasteiger partial charge in [-0.25, -0.2) is 9.37 Å². The molecule has 24 heavy (non-hydrogen) atoms. The molecule has 3 aromatic heterocycles. The molecular weight excluding hydrogens is 349 g/mol. The number of pyridine rings is 1. The van der Waals surface area contributed by atoms with E-state index in [2.05, 4.69) is 16.2 Å². The minimum absolute atomic E-state index is 0.200. The third-order valence-corrected chi connectivity index (χ3v) is 4.48. The first kappa shape index (κ1) is 14.3. The van der Waals surface area contributed by atoms with Crippen molar-refractivity contribution in [2.45, 2.75) is 19.0 Å². The van der Waals surface area contributed by atoms with Crippen LogP contribution in [0.2, 0.25) is 5.15 Å². The van der Waals surface area contributed by atoms with E-state index in [1.165, 1.54) is 0 Å². The fourth-order valence-electron chi connectivity index (χ4n) is 2.34. The number of hydrogen-bond donors (Lipinski definition) is 2. The van der Waals surface area contributed by atoms with Gasteiger partial charge in [0.25, 0.3) is 0 Å². The summed E-state index contributed by atoms with van der Waals surface area (Å²) in [6.07, 6.45) is 5.35. The lowest BCUT2D eigenvalue weighted by atomic mass is 10.1. The summed E-state index contributed by atoms with van der Waals surface area (Å²) in [5, 5.41) is 5.42. The maximum atomic E-state index is 13.4. The van der Waals surface area contributed by atoms with Crippen molar-refractivity contribution in [3.63, 3.8) is 0 Å².